The van der Waals surface area contributed by atoms with E-state index in [0.717, 1.165) is 30.3 Å². The Balaban J connectivity index is 1.66. The fraction of sp³-hybridized carbons (Fsp3) is 0.588. The Morgan fingerprint density at radius 1 is 1.00 bits per heavy atom. The zero-order valence-corrected chi connectivity index (χ0v) is 16.2. The highest BCUT2D eigenvalue weighted by Crippen LogP contribution is 2.50. The molecular formula is C17H18I2N2. The molecule has 1 aromatic rings. The van der Waals surface area contributed by atoms with Gasteiger partial charge in [-0.05, 0) is 101 Å². The minimum atomic E-state index is 0.741. The van der Waals surface area contributed by atoms with Crippen LogP contribution in [0.15, 0.2) is 17.1 Å². The van der Waals surface area contributed by atoms with Crippen LogP contribution in [0.1, 0.15) is 37.7 Å². The summed E-state index contributed by atoms with van der Waals surface area (Å²) in [4.78, 5) is 7.88. The minimum absolute atomic E-state index is 0.741. The summed E-state index contributed by atoms with van der Waals surface area (Å²) in [7, 11) is 0. The number of benzene rings is 1. The fourth-order valence-electron chi connectivity index (χ4n) is 5.21. The van der Waals surface area contributed by atoms with Gasteiger partial charge in [-0.3, -0.25) is 0 Å². The molecule has 4 bridgehead atoms. The van der Waals surface area contributed by atoms with Crippen LogP contribution in [0.5, 0.6) is 0 Å². The molecule has 2 aliphatic carbocycles. The first-order valence-corrected chi connectivity index (χ1v) is 10.2. The summed E-state index contributed by atoms with van der Waals surface area (Å²) >= 11 is 4.91. The van der Waals surface area contributed by atoms with Crippen molar-refractivity contribution in [1.29, 1.82) is 0 Å². The van der Waals surface area contributed by atoms with Gasteiger partial charge in [-0.2, -0.15) is 0 Å². The van der Waals surface area contributed by atoms with Crippen LogP contribution in [-0.2, 0) is 6.54 Å². The Labute approximate surface area is 153 Å². The van der Waals surface area contributed by atoms with Crippen LogP contribution in [0, 0.1) is 24.9 Å². The molecule has 3 heterocycles. The van der Waals surface area contributed by atoms with E-state index in [2.05, 4.69) is 62.2 Å². The molecule has 0 N–H and O–H groups in total. The lowest BCUT2D eigenvalue weighted by Gasteiger charge is -2.39. The van der Waals surface area contributed by atoms with E-state index in [1.54, 1.807) is 0 Å². The summed E-state index contributed by atoms with van der Waals surface area (Å²) in [5.74, 6) is 4.13. The second-order valence-corrected chi connectivity index (χ2v) is 9.65. The summed E-state index contributed by atoms with van der Waals surface area (Å²) < 4.78 is 2.70. The molecule has 0 spiro atoms. The van der Waals surface area contributed by atoms with Gasteiger partial charge in [0.05, 0.1) is 5.69 Å². The van der Waals surface area contributed by atoms with Gasteiger partial charge in [-0.25, -0.2) is 4.99 Å². The maximum Gasteiger partial charge on any atom is 0.108 e. The molecule has 0 amide bonds. The number of aliphatic imine (C=N–C) groups is 1. The van der Waals surface area contributed by atoms with Crippen molar-refractivity contribution >= 4 is 56.7 Å². The van der Waals surface area contributed by atoms with Crippen LogP contribution < -0.4 is 0 Å². The van der Waals surface area contributed by atoms with Crippen LogP contribution in [0.2, 0.25) is 0 Å². The number of fused-ring (bicyclic) bond motifs is 1. The van der Waals surface area contributed by atoms with E-state index in [1.165, 1.54) is 56.3 Å². The average molecular weight is 504 g/mol. The standard InChI is InChI=1S/C17H18I2N2/c18-12-6-15(19)14-8-21-13-4-9-1-10(5-13)3-11(2-9)17(21)20-16(14)7-12/h6-7,9-11,13H,1-5,8H2. The summed E-state index contributed by atoms with van der Waals surface area (Å²) in [5, 5.41) is 0. The van der Waals surface area contributed by atoms with E-state index in [9.17, 15) is 0 Å². The van der Waals surface area contributed by atoms with Crippen LogP contribution in [-0.4, -0.2) is 16.8 Å². The van der Waals surface area contributed by atoms with Crippen molar-refractivity contribution in [3.8, 4) is 0 Å². The number of halogens is 2. The second kappa shape index (κ2) is 4.82. The molecule has 2 saturated heterocycles. The molecular weight excluding hydrogens is 486 g/mol. The van der Waals surface area contributed by atoms with Gasteiger partial charge in [-0.1, -0.05) is 0 Å². The molecule has 1 aromatic carbocycles. The lowest BCUT2D eigenvalue weighted by Crippen LogP contribution is -2.42. The van der Waals surface area contributed by atoms with Crippen LogP contribution in [0.25, 0.3) is 0 Å². The molecule has 4 fully saturated rings. The topological polar surface area (TPSA) is 15.6 Å². The van der Waals surface area contributed by atoms with Crippen LogP contribution in [0.4, 0.5) is 5.69 Å². The molecule has 4 heteroatoms. The van der Waals surface area contributed by atoms with Crippen molar-refractivity contribution in [2.24, 2.45) is 22.7 Å². The van der Waals surface area contributed by atoms with Crippen molar-refractivity contribution in [2.45, 2.75) is 44.7 Å². The Morgan fingerprint density at radius 2 is 1.76 bits per heavy atom. The van der Waals surface area contributed by atoms with E-state index in [1.807, 2.05) is 0 Å². The Hall–Kier alpha value is 0.150. The van der Waals surface area contributed by atoms with Gasteiger partial charge in [0, 0.05) is 31.2 Å². The molecule has 110 valence electrons. The van der Waals surface area contributed by atoms with Crippen molar-refractivity contribution in [1.82, 2.24) is 4.90 Å². The molecule has 0 aromatic heterocycles. The first kappa shape index (κ1) is 13.6. The molecule has 6 rings (SSSR count). The van der Waals surface area contributed by atoms with Crippen LogP contribution in [0.3, 0.4) is 0 Å². The molecule has 0 radical (unpaired) electrons. The smallest absolute Gasteiger partial charge is 0.108 e. The quantitative estimate of drug-likeness (QED) is 0.457. The normalized spacial score (nSPS) is 36.1. The Morgan fingerprint density at radius 3 is 2.52 bits per heavy atom. The number of rotatable bonds is 0. The zero-order chi connectivity index (χ0) is 14.1. The highest BCUT2D eigenvalue weighted by Gasteiger charge is 2.46. The molecule has 21 heavy (non-hydrogen) atoms. The first-order valence-electron chi connectivity index (χ1n) is 8.00. The fourth-order valence-corrected chi connectivity index (χ4v) is 7.19. The Kier molecular flexibility index (Phi) is 3.12. The van der Waals surface area contributed by atoms with Crippen molar-refractivity contribution in [3.05, 3.63) is 24.8 Å². The van der Waals surface area contributed by atoms with E-state index in [0.29, 0.717) is 0 Å². The maximum absolute atomic E-state index is 5.18. The lowest BCUT2D eigenvalue weighted by molar-refractivity contribution is 0.128. The molecule has 2 nitrogen and oxygen atoms in total. The van der Waals surface area contributed by atoms with Crippen molar-refractivity contribution in [2.75, 3.05) is 0 Å². The van der Waals surface area contributed by atoms with E-state index >= 15 is 0 Å². The average Bonchev–Trinajstić information content (AvgIpc) is 2.59. The van der Waals surface area contributed by atoms with Crippen LogP contribution >= 0.6 is 45.2 Å². The molecule has 3 aliphatic heterocycles. The number of hydrogen-bond donors (Lipinski definition) is 0. The third-order valence-corrected chi connectivity index (χ3v) is 7.50. The van der Waals surface area contributed by atoms with Gasteiger partial charge < -0.3 is 4.90 Å². The summed E-state index contributed by atoms with van der Waals surface area (Å²) in [5.41, 5.74) is 2.71. The lowest BCUT2D eigenvalue weighted by atomic mass is 9.68. The predicted molar refractivity (Wildman–Crippen MR) is 102 cm³/mol. The van der Waals surface area contributed by atoms with E-state index in [4.69, 9.17) is 4.99 Å². The third-order valence-electron chi connectivity index (χ3n) is 5.91. The summed E-state index contributed by atoms with van der Waals surface area (Å²) in [6.45, 7) is 1.10. The Bertz CT molecular complexity index is 640. The minimum Gasteiger partial charge on any atom is -0.352 e. The number of hydrogen-bond acceptors (Lipinski definition) is 2. The highest BCUT2D eigenvalue weighted by atomic mass is 127. The van der Waals surface area contributed by atoms with Gasteiger partial charge in [-0.15, -0.1) is 0 Å². The van der Waals surface area contributed by atoms with Crippen molar-refractivity contribution < 1.29 is 0 Å². The molecule has 2 saturated carbocycles. The molecule has 2 unspecified atom stereocenters. The summed E-state index contributed by atoms with van der Waals surface area (Å²) in [6.07, 6.45) is 7.14. The maximum atomic E-state index is 5.18. The predicted octanol–water partition coefficient (Wildman–Crippen LogP) is 4.95. The first-order chi connectivity index (χ1) is 10.2. The van der Waals surface area contributed by atoms with E-state index < -0.39 is 0 Å². The monoisotopic (exact) mass is 504 g/mol. The second-order valence-electron chi connectivity index (χ2n) is 7.24. The summed E-state index contributed by atoms with van der Waals surface area (Å²) in [6, 6.07) is 5.34. The molecule has 5 aliphatic rings. The molecule has 2 atom stereocenters. The number of amidine groups is 1. The number of nitrogens with zero attached hydrogens (tertiary/aromatic N) is 2. The largest absolute Gasteiger partial charge is 0.352 e. The zero-order valence-electron chi connectivity index (χ0n) is 11.9. The van der Waals surface area contributed by atoms with Gasteiger partial charge >= 0.3 is 0 Å². The highest BCUT2D eigenvalue weighted by molar-refractivity contribution is 14.1. The SMILES string of the molecule is Ic1cc(I)c2c(c1)N=C1C3CC4CC(C3)CC(C4)N1C2. The van der Waals surface area contributed by atoms with E-state index in [-0.39, 0.29) is 0 Å². The third kappa shape index (κ3) is 2.11. The van der Waals surface area contributed by atoms with Gasteiger partial charge in [0.1, 0.15) is 5.84 Å². The van der Waals surface area contributed by atoms with Gasteiger partial charge in [0.15, 0.2) is 0 Å². The van der Waals surface area contributed by atoms with Gasteiger partial charge in [0.2, 0.25) is 0 Å². The van der Waals surface area contributed by atoms with Crippen molar-refractivity contribution in [3.63, 3.8) is 0 Å². The van der Waals surface area contributed by atoms with Gasteiger partial charge in [0.25, 0.3) is 0 Å².